The Morgan fingerprint density at radius 3 is 2.75 bits per heavy atom. The second kappa shape index (κ2) is 6.09. The molecule has 108 valence electrons. The Balaban J connectivity index is 2.28. The molecule has 2 aromatic rings. The number of hydrogen-bond donors (Lipinski definition) is 2. The van der Waals surface area contributed by atoms with Crippen molar-refractivity contribution in [3.05, 3.63) is 46.0 Å². The van der Waals surface area contributed by atoms with Crippen LogP contribution in [0.15, 0.2) is 34.5 Å². The van der Waals surface area contributed by atoms with Gasteiger partial charge in [0.2, 0.25) is 0 Å². The maximum Gasteiger partial charge on any atom is 0.271 e. The summed E-state index contributed by atoms with van der Waals surface area (Å²) in [5, 5.41) is 3.19. The summed E-state index contributed by atoms with van der Waals surface area (Å²) in [6.45, 7) is 0.575. The summed E-state index contributed by atoms with van der Waals surface area (Å²) in [4.78, 5) is 0.874. The van der Waals surface area contributed by atoms with Gasteiger partial charge in [0.25, 0.3) is 10.0 Å². The van der Waals surface area contributed by atoms with E-state index >= 15 is 0 Å². The highest BCUT2D eigenvalue weighted by atomic mass is 35.5. The number of nitrogens with one attached hydrogen (secondary N) is 2. The molecule has 0 aliphatic rings. The lowest BCUT2D eigenvalue weighted by Crippen LogP contribution is -2.12. The van der Waals surface area contributed by atoms with Crippen molar-refractivity contribution in [3.8, 4) is 0 Å². The molecule has 2 N–H and O–H groups in total. The van der Waals surface area contributed by atoms with Crippen LogP contribution in [0.2, 0.25) is 5.02 Å². The highest BCUT2D eigenvalue weighted by Crippen LogP contribution is 2.26. The monoisotopic (exact) mass is 334 g/mol. The summed E-state index contributed by atoms with van der Waals surface area (Å²) < 4.78 is 40.2. The van der Waals surface area contributed by atoms with Gasteiger partial charge < -0.3 is 5.32 Å². The number of benzene rings is 1. The third kappa shape index (κ3) is 3.49. The quantitative estimate of drug-likeness (QED) is 0.883. The summed E-state index contributed by atoms with van der Waals surface area (Å²) in [6.07, 6.45) is 0. The molecular weight excluding hydrogens is 323 g/mol. The summed E-state index contributed by atoms with van der Waals surface area (Å²) in [5.41, 5.74) is -0.166. The van der Waals surface area contributed by atoms with Gasteiger partial charge in [0.05, 0.1) is 5.69 Å². The Kier molecular flexibility index (Phi) is 4.64. The molecule has 0 fully saturated rings. The van der Waals surface area contributed by atoms with E-state index in [1.807, 2.05) is 0 Å². The molecule has 2 rings (SSSR count). The average molecular weight is 335 g/mol. The SMILES string of the molecule is CNCc1ccc(S(=O)(=O)Nc2cc(Cl)ccc2F)s1. The normalized spacial score (nSPS) is 11.6. The molecule has 0 spiro atoms. The third-order valence-electron chi connectivity index (χ3n) is 2.43. The Hall–Kier alpha value is -1.15. The molecule has 0 atom stereocenters. The minimum absolute atomic E-state index is 0.127. The van der Waals surface area contributed by atoms with Crippen molar-refractivity contribution in [2.24, 2.45) is 0 Å². The number of rotatable bonds is 5. The van der Waals surface area contributed by atoms with E-state index in [0.717, 1.165) is 22.3 Å². The van der Waals surface area contributed by atoms with Gasteiger partial charge in [0.15, 0.2) is 0 Å². The van der Waals surface area contributed by atoms with Crippen LogP contribution in [-0.2, 0) is 16.6 Å². The van der Waals surface area contributed by atoms with Crippen LogP contribution in [0.3, 0.4) is 0 Å². The smallest absolute Gasteiger partial charge is 0.271 e. The summed E-state index contributed by atoms with van der Waals surface area (Å²) in [5.74, 6) is -0.676. The van der Waals surface area contributed by atoms with Crippen LogP contribution in [0.1, 0.15) is 4.88 Å². The number of thiophene rings is 1. The van der Waals surface area contributed by atoms with Gasteiger partial charge in [-0.1, -0.05) is 11.6 Å². The summed E-state index contributed by atoms with van der Waals surface area (Å²) in [7, 11) is -2.04. The number of anilines is 1. The van der Waals surface area contributed by atoms with Crippen molar-refractivity contribution < 1.29 is 12.8 Å². The highest BCUT2D eigenvalue weighted by molar-refractivity contribution is 7.94. The molecule has 1 heterocycles. The Morgan fingerprint density at radius 1 is 1.30 bits per heavy atom. The van der Waals surface area contributed by atoms with E-state index in [9.17, 15) is 12.8 Å². The molecule has 0 amide bonds. The van der Waals surface area contributed by atoms with E-state index in [2.05, 4.69) is 10.0 Å². The van der Waals surface area contributed by atoms with Gasteiger partial charge in [-0.3, -0.25) is 4.72 Å². The first-order valence-corrected chi connectivity index (χ1v) is 8.31. The topological polar surface area (TPSA) is 58.2 Å². The van der Waals surface area contributed by atoms with Crippen LogP contribution in [0.5, 0.6) is 0 Å². The fraction of sp³-hybridized carbons (Fsp3) is 0.167. The number of hydrogen-bond acceptors (Lipinski definition) is 4. The molecule has 1 aromatic carbocycles. The summed E-state index contributed by atoms with van der Waals surface area (Å²) >= 11 is 6.86. The van der Waals surface area contributed by atoms with Gasteiger partial charge in [0, 0.05) is 16.4 Å². The van der Waals surface area contributed by atoms with Crippen molar-refractivity contribution in [1.29, 1.82) is 0 Å². The first kappa shape index (κ1) is 15.2. The van der Waals surface area contributed by atoms with Crippen LogP contribution in [0, 0.1) is 5.82 Å². The lowest BCUT2D eigenvalue weighted by molar-refractivity contribution is 0.600. The Bertz CT molecular complexity index is 716. The second-order valence-electron chi connectivity index (χ2n) is 3.98. The van der Waals surface area contributed by atoms with Crippen molar-refractivity contribution in [2.75, 3.05) is 11.8 Å². The summed E-state index contributed by atoms with van der Waals surface area (Å²) in [6, 6.07) is 6.90. The van der Waals surface area contributed by atoms with Crippen molar-refractivity contribution in [2.45, 2.75) is 10.8 Å². The zero-order chi connectivity index (χ0) is 14.8. The van der Waals surface area contributed by atoms with E-state index in [1.165, 1.54) is 18.2 Å². The number of sulfonamides is 1. The highest BCUT2D eigenvalue weighted by Gasteiger charge is 2.18. The molecule has 0 unspecified atom stereocenters. The molecule has 8 heteroatoms. The van der Waals surface area contributed by atoms with E-state index < -0.39 is 15.8 Å². The Labute approximate surface area is 125 Å². The van der Waals surface area contributed by atoms with E-state index in [0.29, 0.717) is 6.54 Å². The predicted octanol–water partition coefficient (Wildman–Crippen LogP) is 3.06. The molecule has 0 saturated heterocycles. The van der Waals surface area contributed by atoms with Crippen molar-refractivity contribution in [3.63, 3.8) is 0 Å². The van der Waals surface area contributed by atoms with Crippen LogP contribution < -0.4 is 10.0 Å². The largest absolute Gasteiger partial charge is 0.315 e. The molecule has 1 aromatic heterocycles. The molecule has 20 heavy (non-hydrogen) atoms. The standard InChI is InChI=1S/C12H12ClFN2O2S2/c1-15-7-9-3-5-12(19-9)20(17,18)16-11-6-8(13)2-4-10(11)14/h2-6,15-16H,7H2,1H3. The fourth-order valence-electron chi connectivity index (χ4n) is 1.54. The third-order valence-corrected chi connectivity index (χ3v) is 5.60. The Morgan fingerprint density at radius 2 is 2.05 bits per heavy atom. The molecule has 0 aliphatic carbocycles. The van der Waals surface area contributed by atoms with Gasteiger partial charge in [-0.05, 0) is 37.4 Å². The molecule has 0 saturated carbocycles. The first-order chi connectivity index (χ1) is 9.42. The zero-order valence-electron chi connectivity index (χ0n) is 10.5. The van der Waals surface area contributed by atoms with Crippen molar-refractivity contribution >= 4 is 38.6 Å². The van der Waals surface area contributed by atoms with Gasteiger partial charge in [0.1, 0.15) is 10.0 Å². The van der Waals surface area contributed by atoms with Crippen LogP contribution in [-0.4, -0.2) is 15.5 Å². The maximum absolute atomic E-state index is 13.5. The minimum atomic E-state index is -3.81. The van der Waals surface area contributed by atoms with E-state index in [4.69, 9.17) is 11.6 Å². The molecule has 0 aliphatic heterocycles. The van der Waals surface area contributed by atoms with E-state index in [-0.39, 0.29) is 14.9 Å². The second-order valence-corrected chi connectivity index (χ2v) is 7.49. The van der Waals surface area contributed by atoms with Gasteiger partial charge >= 0.3 is 0 Å². The first-order valence-electron chi connectivity index (χ1n) is 5.63. The van der Waals surface area contributed by atoms with Crippen LogP contribution in [0.25, 0.3) is 0 Å². The van der Waals surface area contributed by atoms with Crippen LogP contribution in [0.4, 0.5) is 10.1 Å². The maximum atomic E-state index is 13.5. The predicted molar refractivity (Wildman–Crippen MR) is 79.3 cm³/mol. The molecule has 0 radical (unpaired) electrons. The fourth-order valence-corrected chi connectivity index (χ4v) is 4.14. The van der Waals surface area contributed by atoms with Gasteiger partial charge in [-0.15, -0.1) is 11.3 Å². The van der Waals surface area contributed by atoms with E-state index in [1.54, 1.807) is 13.1 Å². The molecule has 0 bridgehead atoms. The molecular formula is C12H12ClFN2O2S2. The van der Waals surface area contributed by atoms with Gasteiger partial charge in [-0.2, -0.15) is 0 Å². The lowest BCUT2D eigenvalue weighted by atomic mass is 10.3. The lowest BCUT2D eigenvalue weighted by Gasteiger charge is -2.07. The zero-order valence-corrected chi connectivity index (χ0v) is 12.9. The number of halogens is 2. The van der Waals surface area contributed by atoms with Crippen molar-refractivity contribution in [1.82, 2.24) is 5.32 Å². The average Bonchev–Trinajstić information content (AvgIpc) is 2.83. The minimum Gasteiger partial charge on any atom is -0.315 e. The van der Waals surface area contributed by atoms with Crippen LogP contribution >= 0.6 is 22.9 Å². The molecule has 4 nitrogen and oxygen atoms in total. The van der Waals surface area contributed by atoms with Gasteiger partial charge in [-0.25, -0.2) is 12.8 Å².